The minimum absolute atomic E-state index is 0.0404. The Labute approximate surface area is 434 Å². The van der Waals surface area contributed by atoms with Crippen molar-refractivity contribution in [2.45, 2.75) is 13.3 Å². The van der Waals surface area contributed by atoms with Crippen molar-refractivity contribution in [2.24, 2.45) is 15.9 Å². The van der Waals surface area contributed by atoms with Gasteiger partial charge in [-0.25, -0.2) is 9.98 Å². The fourth-order valence-electron chi connectivity index (χ4n) is 12.3. The SMILES string of the molecule is CC1C/C=C(c2cccc3c4ccccc4n(-c4ccccc4)c23)/N=C(c2ccc(-n3c4cc5ccccc5cc4c4cc5ccccc5cc43)c3oc4ccccc4c23)\N=C/1c1cccc2c1sc1ccccc12. The van der Waals surface area contributed by atoms with Crippen LogP contribution in [0.5, 0.6) is 0 Å². The van der Waals surface area contributed by atoms with Crippen LogP contribution < -0.4 is 0 Å². The summed E-state index contributed by atoms with van der Waals surface area (Å²) in [5.74, 6) is 0.682. The number of fused-ring (bicyclic) bond motifs is 14. The number of allylic oxidation sites excluding steroid dienone is 1. The molecule has 0 aliphatic carbocycles. The topological polar surface area (TPSA) is 47.7 Å². The molecule has 1 atom stereocenters. The van der Waals surface area contributed by atoms with E-state index in [0.29, 0.717) is 5.84 Å². The van der Waals surface area contributed by atoms with Gasteiger partial charge in [0.15, 0.2) is 11.4 Å². The van der Waals surface area contributed by atoms with E-state index in [4.69, 9.17) is 14.4 Å². The Bertz CT molecular complexity index is 4910. The molecule has 6 heteroatoms. The van der Waals surface area contributed by atoms with Gasteiger partial charge >= 0.3 is 0 Å². The van der Waals surface area contributed by atoms with Crippen molar-refractivity contribution in [1.82, 2.24) is 9.13 Å². The molecule has 0 saturated carbocycles. The molecule has 0 amide bonds. The monoisotopic (exact) mass is 976 g/mol. The second-order valence-corrected chi connectivity index (χ2v) is 21.1. The predicted octanol–water partition coefficient (Wildman–Crippen LogP) is 18.8. The van der Waals surface area contributed by atoms with Gasteiger partial charge in [0.2, 0.25) is 0 Å². The maximum absolute atomic E-state index is 7.22. The largest absolute Gasteiger partial charge is 0.454 e. The van der Waals surface area contributed by atoms with E-state index in [1.165, 1.54) is 63.3 Å². The van der Waals surface area contributed by atoms with Crippen molar-refractivity contribution in [3.8, 4) is 11.4 Å². The van der Waals surface area contributed by atoms with Crippen LogP contribution in [0.4, 0.5) is 0 Å². The highest BCUT2D eigenvalue weighted by Gasteiger charge is 2.27. The van der Waals surface area contributed by atoms with Crippen LogP contribution in [0.1, 0.15) is 30.0 Å². The number of hydrogen-bond acceptors (Lipinski definition) is 4. The smallest absolute Gasteiger partial charge is 0.160 e. The predicted molar refractivity (Wildman–Crippen MR) is 318 cm³/mol. The van der Waals surface area contributed by atoms with Crippen LogP contribution in [0.2, 0.25) is 0 Å². The standard InChI is InChI=1S/C69H44N4OS/c1-41-33-35-57(51-28-15-26-49-47-23-9-12-30-58(47)72(66(49)51)46-21-3-2-4-22-46)70-69(71-65(41)54-29-16-27-50-48-24-11-14-32-63(48)75-68(50)54)53-34-36-59(67-64(53)52-25-10-13-31-62(52)74-67)73-60-39-44-19-7-5-17-42(44)37-55(60)56-38-43-18-6-8-20-45(43)40-61(56)73/h2-32,34-41H,33H2,1H3/b57-35+,70-69-,71-65+. The second-order valence-electron chi connectivity index (χ2n) is 20.0. The minimum Gasteiger partial charge on any atom is -0.454 e. The Balaban J connectivity index is 1.01. The molecule has 0 N–H and O–H groups in total. The lowest BCUT2D eigenvalue weighted by Gasteiger charge is -2.20. The lowest BCUT2D eigenvalue weighted by Crippen LogP contribution is -2.17. The summed E-state index contributed by atoms with van der Waals surface area (Å²) in [6, 6.07) is 81.2. The summed E-state index contributed by atoms with van der Waals surface area (Å²) < 4.78 is 14.6. The van der Waals surface area contributed by atoms with E-state index in [1.807, 2.05) is 11.3 Å². The van der Waals surface area contributed by atoms with Gasteiger partial charge in [-0.05, 0) is 94.7 Å². The Morgan fingerprint density at radius 1 is 0.467 bits per heavy atom. The van der Waals surface area contributed by atoms with Crippen LogP contribution in [-0.2, 0) is 0 Å². The zero-order valence-corrected chi connectivity index (χ0v) is 41.6. The molecule has 15 aromatic rings. The molecule has 16 rings (SSSR count). The summed E-state index contributed by atoms with van der Waals surface area (Å²) in [7, 11) is 0. The maximum atomic E-state index is 7.22. The van der Waals surface area contributed by atoms with Crippen molar-refractivity contribution in [2.75, 3.05) is 0 Å². The van der Waals surface area contributed by atoms with E-state index in [9.17, 15) is 0 Å². The molecular formula is C69H44N4OS. The van der Waals surface area contributed by atoms with Crippen molar-refractivity contribution in [3.63, 3.8) is 0 Å². The van der Waals surface area contributed by atoms with E-state index < -0.39 is 0 Å². The van der Waals surface area contributed by atoms with E-state index in [1.54, 1.807) is 0 Å². The summed E-state index contributed by atoms with van der Waals surface area (Å²) in [5, 5.41) is 14.1. The van der Waals surface area contributed by atoms with Gasteiger partial charge in [-0.1, -0.05) is 171 Å². The Hall–Kier alpha value is -9.36. The van der Waals surface area contributed by atoms with Gasteiger partial charge in [0.1, 0.15) is 5.58 Å². The number of nitrogens with zero attached hydrogens (tertiary/aromatic N) is 4. The number of benzene rings is 11. The van der Waals surface area contributed by atoms with E-state index in [0.717, 1.165) is 89.9 Å². The molecule has 0 saturated heterocycles. The summed E-state index contributed by atoms with van der Waals surface area (Å²) >= 11 is 1.85. The van der Waals surface area contributed by atoms with Crippen LogP contribution in [0, 0.1) is 5.92 Å². The Morgan fingerprint density at radius 2 is 1.08 bits per heavy atom. The average molecular weight is 977 g/mol. The number of furan rings is 1. The number of rotatable bonds is 5. The number of aliphatic imine (C=N–C) groups is 2. The van der Waals surface area contributed by atoms with Crippen molar-refractivity contribution >= 4 is 136 Å². The normalized spacial score (nSPS) is 16.6. The highest BCUT2D eigenvalue weighted by atomic mass is 32.1. The molecule has 352 valence electrons. The summed E-state index contributed by atoms with van der Waals surface area (Å²) in [4.78, 5) is 11.8. The van der Waals surface area contributed by atoms with E-state index in [-0.39, 0.29) is 5.92 Å². The van der Waals surface area contributed by atoms with Crippen molar-refractivity contribution in [3.05, 3.63) is 247 Å². The minimum atomic E-state index is 0.0404. The first kappa shape index (κ1) is 42.2. The molecule has 0 radical (unpaired) electrons. The first-order chi connectivity index (χ1) is 37.1. The molecule has 5 heterocycles. The lowest BCUT2D eigenvalue weighted by atomic mass is 9.92. The third-order valence-corrected chi connectivity index (χ3v) is 17.0. The van der Waals surface area contributed by atoms with Gasteiger partial charge in [0.25, 0.3) is 0 Å². The first-order valence-corrected chi connectivity index (χ1v) is 26.6. The average Bonchev–Trinajstić information content (AvgIpc) is 4.22. The first-order valence-electron chi connectivity index (χ1n) is 25.8. The van der Waals surface area contributed by atoms with E-state index >= 15 is 0 Å². The number of aromatic nitrogens is 2. The molecule has 0 bridgehead atoms. The van der Waals surface area contributed by atoms with Crippen LogP contribution in [-0.4, -0.2) is 20.7 Å². The quantitative estimate of drug-likeness (QED) is 0.169. The molecule has 4 aromatic heterocycles. The zero-order valence-electron chi connectivity index (χ0n) is 40.8. The van der Waals surface area contributed by atoms with Gasteiger partial charge < -0.3 is 13.6 Å². The molecule has 1 aliphatic heterocycles. The van der Waals surface area contributed by atoms with Crippen LogP contribution in [0.25, 0.3) is 124 Å². The molecule has 0 fully saturated rings. The van der Waals surface area contributed by atoms with Crippen molar-refractivity contribution in [1.29, 1.82) is 0 Å². The van der Waals surface area contributed by atoms with Crippen LogP contribution in [0.15, 0.2) is 245 Å². The van der Waals surface area contributed by atoms with Gasteiger partial charge in [-0.2, -0.15) is 0 Å². The van der Waals surface area contributed by atoms with Gasteiger partial charge in [-0.15, -0.1) is 11.3 Å². The highest BCUT2D eigenvalue weighted by molar-refractivity contribution is 7.26. The number of amidine groups is 1. The van der Waals surface area contributed by atoms with Gasteiger partial charge in [0, 0.05) is 80.8 Å². The number of thiophene rings is 1. The Kier molecular flexibility index (Phi) is 9.18. The van der Waals surface area contributed by atoms with Crippen LogP contribution >= 0.6 is 11.3 Å². The molecular weight excluding hydrogens is 933 g/mol. The fourth-order valence-corrected chi connectivity index (χ4v) is 13.5. The Morgan fingerprint density at radius 3 is 1.84 bits per heavy atom. The van der Waals surface area contributed by atoms with E-state index in [2.05, 4.69) is 247 Å². The summed E-state index contributed by atoms with van der Waals surface area (Å²) in [5.41, 5.74) is 13.2. The molecule has 75 heavy (non-hydrogen) atoms. The third-order valence-electron chi connectivity index (χ3n) is 15.7. The zero-order chi connectivity index (χ0) is 49.3. The van der Waals surface area contributed by atoms with Crippen LogP contribution in [0.3, 0.4) is 0 Å². The third kappa shape index (κ3) is 6.36. The molecule has 5 nitrogen and oxygen atoms in total. The highest BCUT2D eigenvalue weighted by Crippen LogP contribution is 2.44. The van der Waals surface area contributed by atoms with Gasteiger partial charge in [0.05, 0.1) is 39.2 Å². The fraction of sp³-hybridized carbons (Fsp3) is 0.0435. The number of para-hydroxylation sites is 4. The molecule has 11 aromatic carbocycles. The summed E-state index contributed by atoms with van der Waals surface area (Å²) in [6.07, 6.45) is 3.10. The molecule has 1 aliphatic rings. The molecule has 1 unspecified atom stereocenters. The van der Waals surface area contributed by atoms with Crippen molar-refractivity contribution < 1.29 is 4.42 Å². The lowest BCUT2D eigenvalue weighted by molar-refractivity contribution is 0.666. The number of hydrogen-bond donors (Lipinski definition) is 0. The maximum Gasteiger partial charge on any atom is 0.160 e. The van der Waals surface area contributed by atoms with Gasteiger partial charge in [-0.3, -0.25) is 0 Å². The summed E-state index contributed by atoms with van der Waals surface area (Å²) in [6.45, 7) is 2.32. The second kappa shape index (κ2) is 16.3. The molecule has 0 spiro atoms.